The molecule has 30 heavy (non-hydrogen) atoms. The van der Waals surface area contributed by atoms with E-state index in [1.807, 2.05) is 18.2 Å². The largest absolute Gasteiger partial charge is 0 e. The fraction of sp³-hybridized carbons (Fsp3) is 0.500. The van der Waals surface area contributed by atoms with Gasteiger partial charge in [0.2, 0.25) is 0 Å². The molecule has 2 saturated carbocycles. The molecule has 0 saturated heterocycles. The summed E-state index contributed by atoms with van der Waals surface area (Å²) >= 11 is 2.48. The molecule has 3 nitrogen and oxygen atoms in total. The van der Waals surface area contributed by atoms with Gasteiger partial charge in [0, 0.05) is 20.4 Å². The van der Waals surface area contributed by atoms with Gasteiger partial charge in [0.1, 0.15) is 0 Å². The van der Waals surface area contributed by atoms with Crippen molar-refractivity contribution in [3.05, 3.63) is 57.2 Å². The van der Waals surface area contributed by atoms with Crippen LogP contribution in [0.25, 0.3) is 0 Å². The first-order valence-electron chi connectivity index (χ1n) is 10.5. The number of aromatic hydroxyl groups is 1. The molecule has 0 unspecified atom stereocenters. The number of phenolic OH excluding ortho intramolecular Hbond substituents is 1. The average molecular weight is 803 g/mol. The van der Waals surface area contributed by atoms with E-state index < -0.39 is 0 Å². The molecule has 0 aliphatic heterocycles. The Kier molecular flexibility index (Phi) is 7.12. The number of hydrogen-bond donors (Lipinski definition) is 1. The topological polar surface area (TPSA) is 52.4 Å². The molecule has 2 aromatic rings. The third kappa shape index (κ3) is 3.98. The second-order valence-electron chi connectivity index (χ2n) is 9.16. The summed E-state index contributed by atoms with van der Waals surface area (Å²) < 4.78 is 7.96. The van der Waals surface area contributed by atoms with Gasteiger partial charge in [0.15, 0.2) is 0 Å². The molecule has 3 aliphatic rings. The molecular weight excluding hydrogens is 776 g/mol. The van der Waals surface area contributed by atoms with Gasteiger partial charge in [-0.1, -0.05) is 0 Å². The Labute approximate surface area is 212 Å². The van der Waals surface area contributed by atoms with Crippen LogP contribution in [0.4, 0.5) is 0 Å². The summed E-state index contributed by atoms with van der Waals surface area (Å²) in [5.74, 6) is 2.78. The molecule has 0 spiro atoms. The van der Waals surface area contributed by atoms with Crippen LogP contribution in [-0.4, -0.2) is 22.4 Å². The molecular formula is C24H27I2O3Re-. The number of hydrogen-bond acceptors (Lipinski definition) is 2. The molecule has 6 atom stereocenters. The maximum Gasteiger partial charge on any atom is 0 e. The molecule has 0 bridgehead atoms. The van der Waals surface area contributed by atoms with Crippen molar-refractivity contribution in [2.75, 3.05) is 0 Å². The Bertz CT molecular complexity index is 906. The van der Waals surface area contributed by atoms with Crippen LogP contribution < -0.4 is 22.0 Å². The van der Waals surface area contributed by atoms with E-state index in [-0.39, 0.29) is 55.3 Å². The minimum atomic E-state index is 0. The second kappa shape index (κ2) is 9.17. The Morgan fingerprint density at radius 2 is 2.07 bits per heavy atom. The van der Waals surface area contributed by atoms with Gasteiger partial charge in [-0.2, -0.15) is 0 Å². The molecule has 3 N–H and O–H groups in total. The predicted octanol–water partition coefficient (Wildman–Crippen LogP) is 1.81. The first-order chi connectivity index (χ1) is 14.0. The van der Waals surface area contributed by atoms with Crippen molar-refractivity contribution in [2.24, 2.45) is 17.3 Å². The molecule has 5 rings (SSSR count). The quantitative estimate of drug-likeness (QED) is 0.293. The zero-order chi connectivity index (χ0) is 20.2. The van der Waals surface area contributed by atoms with Gasteiger partial charge in [0.05, 0.1) is 0 Å². The third-order valence-corrected chi connectivity index (χ3v) is 11.8. The molecule has 6 heteroatoms. The molecule has 3 aliphatic carbocycles. The van der Waals surface area contributed by atoms with E-state index in [1.165, 1.54) is 21.1 Å². The van der Waals surface area contributed by atoms with Gasteiger partial charge in [-0.3, -0.25) is 0 Å². The second-order valence-corrected chi connectivity index (χ2v) is 13.5. The van der Waals surface area contributed by atoms with E-state index >= 15 is 0 Å². The first kappa shape index (κ1) is 23.3. The monoisotopic (exact) mass is 804 g/mol. The maximum atomic E-state index is 10.0. The summed E-state index contributed by atoms with van der Waals surface area (Å²) in [5, 5.41) is 18.8. The number of rotatable bonds is 3. The zero-order valence-electron chi connectivity index (χ0n) is 16.9. The smallest absolute Gasteiger partial charge is 0 e. The van der Waals surface area contributed by atoms with E-state index in [4.69, 9.17) is 9.84 Å². The summed E-state index contributed by atoms with van der Waals surface area (Å²) in [5.41, 5.74) is 2.68. The number of fused-ring (bicyclic) bond motifs is 5. The van der Waals surface area contributed by atoms with E-state index in [9.17, 15) is 5.11 Å². The normalized spacial score (nSPS) is 34.4. The summed E-state index contributed by atoms with van der Waals surface area (Å²) in [6, 6.07) is 15.5. The Hall–Kier alpha value is 0.122. The van der Waals surface area contributed by atoms with Crippen LogP contribution in [0.1, 0.15) is 49.7 Å². The Morgan fingerprint density at radius 3 is 2.80 bits per heavy atom. The fourth-order valence-electron chi connectivity index (χ4n) is 6.41. The maximum absolute atomic E-state index is 10.0. The molecule has 0 aromatic heterocycles. The summed E-state index contributed by atoms with van der Waals surface area (Å²) in [6.07, 6.45) is 5.37. The van der Waals surface area contributed by atoms with Crippen LogP contribution >= 0.6 is 18.6 Å². The van der Waals surface area contributed by atoms with Crippen LogP contribution in [0, 0.1) is 26.9 Å². The number of ether oxygens (including phenoxy) is 1. The minimum absolute atomic E-state index is 0. The van der Waals surface area contributed by atoms with Gasteiger partial charge in [-0.05, 0) is 0 Å². The van der Waals surface area contributed by atoms with Gasteiger partial charge >= 0.3 is 194 Å². The molecule has 0 heterocycles. The van der Waals surface area contributed by atoms with Crippen molar-refractivity contribution in [1.29, 1.82) is 0 Å². The van der Waals surface area contributed by atoms with E-state index in [0.29, 0.717) is 23.5 Å². The molecule has 2 fully saturated rings. The summed E-state index contributed by atoms with van der Waals surface area (Å²) in [7, 11) is 0. The summed E-state index contributed by atoms with van der Waals surface area (Å²) in [4.78, 5) is 0. The summed E-state index contributed by atoms with van der Waals surface area (Å²) in [6.45, 7) is 2.34. The SMILES string of the molecule is C[C@]12C[C@H](Oc3c[c-]c([I-]I)cc3)[C@@H]3c4ccc(O)cc4CC[C@H]3[C@@H]1CC[C@@H]2[OH2+].[Re]. The zero-order valence-corrected chi connectivity index (χ0v) is 23.9. The Balaban J connectivity index is 0.00000218. The van der Waals surface area contributed by atoms with Crippen LogP contribution in [-0.2, 0) is 26.8 Å². The molecule has 163 valence electrons. The van der Waals surface area contributed by atoms with Crippen molar-refractivity contribution in [3.63, 3.8) is 0 Å². The molecule has 0 amide bonds. The van der Waals surface area contributed by atoms with Gasteiger partial charge in [0.25, 0.3) is 0 Å². The Morgan fingerprint density at radius 1 is 1.23 bits per heavy atom. The third-order valence-electron chi connectivity index (χ3n) is 7.77. The predicted molar refractivity (Wildman–Crippen MR) is 118 cm³/mol. The fourth-order valence-corrected chi connectivity index (χ4v) is 8.70. The molecule has 2 aromatic carbocycles. The number of benzene rings is 2. The number of aryl methyl sites for hydroxylation is 1. The number of phenols is 1. The van der Waals surface area contributed by atoms with Crippen LogP contribution in [0.3, 0.4) is 0 Å². The van der Waals surface area contributed by atoms with Crippen LogP contribution in [0.5, 0.6) is 11.5 Å². The van der Waals surface area contributed by atoms with Gasteiger partial charge in [-0.15, -0.1) is 0 Å². The number of halogens is 2. The molecule has 1 radical (unpaired) electrons. The van der Waals surface area contributed by atoms with E-state index in [1.54, 1.807) is 0 Å². The van der Waals surface area contributed by atoms with E-state index in [0.717, 1.165) is 31.4 Å². The van der Waals surface area contributed by atoms with Crippen LogP contribution in [0.2, 0.25) is 0 Å². The van der Waals surface area contributed by atoms with Gasteiger partial charge in [-0.25, -0.2) is 0 Å². The van der Waals surface area contributed by atoms with Crippen molar-refractivity contribution in [3.8, 4) is 11.5 Å². The van der Waals surface area contributed by atoms with Crippen molar-refractivity contribution in [1.82, 2.24) is 0 Å². The van der Waals surface area contributed by atoms with Crippen molar-refractivity contribution in [2.45, 2.75) is 57.2 Å². The standard InChI is InChI=1S/C24H26I2O3.Re/c1-24-13-21(29-17-6-3-15(26-25)4-7-17)23-18-9-5-16(27)12-14(18)2-8-19(23)20(24)10-11-22(24)28;/h3,5-7,9,12,19-23,27-28H,2,8,10-11,13H2,1H3;/q-2;/p+1/t19-,20-,21-,22-,23+,24-;/m0./s1. The van der Waals surface area contributed by atoms with Gasteiger partial charge < -0.3 is 0 Å². The van der Waals surface area contributed by atoms with Crippen molar-refractivity contribution < 1.29 is 52.6 Å². The average Bonchev–Trinajstić information content (AvgIpc) is 3.02. The van der Waals surface area contributed by atoms with Crippen molar-refractivity contribution >= 4 is 18.6 Å². The van der Waals surface area contributed by atoms with E-state index in [2.05, 4.69) is 49.8 Å². The minimum Gasteiger partial charge on any atom is 0 e. The first-order valence-corrected chi connectivity index (χ1v) is 17.8. The van der Waals surface area contributed by atoms with Crippen LogP contribution in [0.15, 0.2) is 36.4 Å².